The molecule has 1 saturated carbocycles. The summed E-state index contributed by atoms with van der Waals surface area (Å²) in [5.74, 6) is -0.0764. The second-order valence-corrected chi connectivity index (χ2v) is 5.48. The highest BCUT2D eigenvalue weighted by Gasteiger charge is 2.36. The fourth-order valence-electron chi connectivity index (χ4n) is 2.53. The van der Waals surface area contributed by atoms with Gasteiger partial charge in [-0.2, -0.15) is 0 Å². The number of primary amides is 1. The summed E-state index contributed by atoms with van der Waals surface area (Å²) < 4.78 is 0. The van der Waals surface area contributed by atoms with Gasteiger partial charge in [0, 0.05) is 12.6 Å². The van der Waals surface area contributed by atoms with Crippen LogP contribution >= 0.6 is 0 Å². The topological polar surface area (TPSA) is 75.3 Å². The zero-order valence-corrected chi connectivity index (χ0v) is 9.79. The van der Waals surface area contributed by atoms with E-state index in [0.717, 1.165) is 6.42 Å². The number of aliphatic hydroxyl groups excluding tert-OH is 1. The van der Waals surface area contributed by atoms with E-state index >= 15 is 0 Å². The number of aliphatic hydroxyl groups is 1. The molecule has 4 N–H and O–H groups in total. The Morgan fingerprint density at radius 1 is 1.60 bits per heavy atom. The number of amides is 1. The molecule has 0 spiro atoms. The maximum atomic E-state index is 10.6. The second-order valence-electron chi connectivity index (χ2n) is 5.48. The predicted octanol–water partition coefficient (Wildman–Crippen LogP) is 0.247. The fourth-order valence-corrected chi connectivity index (χ4v) is 2.53. The van der Waals surface area contributed by atoms with Crippen LogP contribution in [0.4, 0.5) is 0 Å². The molecular weight excluding hydrogens is 192 g/mol. The Bertz CT molecular complexity index is 241. The molecule has 15 heavy (non-hydrogen) atoms. The third-order valence-electron chi connectivity index (χ3n) is 3.24. The Hall–Kier alpha value is -0.610. The summed E-state index contributed by atoms with van der Waals surface area (Å²) in [5.41, 5.74) is 5.34. The van der Waals surface area contributed by atoms with E-state index in [0.29, 0.717) is 17.4 Å². The van der Waals surface area contributed by atoms with Gasteiger partial charge in [-0.25, -0.2) is 0 Å². The smallest absolute Gasteiger partial charge is 0.247 e. The van der Waals surface area contributed by atoms with Crippen molar-refractivity contribution in [3.63, 3.8) is 0 Å². The highest BCUT2D eigenvalue weighted by molar-refractivity contribution is 5.78. The summed E-state index contributed by atoms with van der Waals surface area (Å²) >= 11 is 0. The molecule has 0 saturated heterocycles. The lowest BCUT2D eigenvalue weighted by molar-refractivity contribution is -0.125. The van der Waals surface area contributed by atoms with Crippen LogP contribution in [0.15, 0.2) is 0 Å². The number of nitrogens with two attached hydrogens (primary N) is 1. The van der Waals surface area contributed by atoms with Crippen molar-refractivity contribution in [2.24, 2.45) is 17.1 Å². The third-order valence-corrected chi connectivity index (χ3v) is 3.24. The van der Waals surface area contributed by atoms with Crippen LogP contribution < -0.4 is 11.1 Å². The average Bonchev–Trinajstić information content (AvgIpc) is 2.35. The van der Waals surface area contributed by atoms with E-state index in [9.17, 15) is 9.90 Å². The van der Waals surface area contributed by atoms with Gasteiger partial charge < -0.3 is 16.2 Å². The minimum atomic E-state index is -1.07. The van der Waals surface area contributed by atoms with Crippen LogP contribution in [0, 0.1) is 11.3 Å². The van der Waals surface area contributed by atoms with Crippen LogP contribution in [0.1, 0.15) is 33.6 Å². The fraction of sp³-hybridized carbons (Fsp3) is 0.909. The quantitative estimate of drug-likeness (QED) is 0.628. The number of rotatable bonds is 4. The normalized spacial score (nSPS) is 31.5. The van der Waals surface area contributed by atoms with Gasteiger partial charge in [-0.05, 0) is 24.2 Å². The van der Waals surface area contributed by atoms with E-state index in [2.05, 4.69) is 26.1 Å². The lowest BCUT2D eigenvalue weighted by atomic mass is 9.91. The Balaban J connectivity index is 2.37. The SMILES string of the molecule is CC1CC(C)(C)CC1NCC(O)C(N)=O. The first kappa shape index (κ1) is 12.5. The van der Waals surface area contributed by atoms with Crippen LogP contribution in [0.2, 0.25) is 0 Å². The second kappa shape index (κ2) is 4.49. The molecule has 0 aliphatic heterocycles. The summed E-state index contributed by atoms with van der Waals surface area (Å²) in [6, 6.07) is 0.383. The molecular formula is C11H22N2O2. The summed E-state index contributed by atoms with van der Waals surface area (Å²) in [6.07, 6.45) is 1.19. The maximum absolute atomic E-state index is 10.6. The molecule has 0 radical (unpaired) electrons. The molecule has 1 aliphatic carbocycles. The molecule has 3 atom stereocenters. The maximum Gasteiger partial charge on any atom is 0.247 e. The number of carbonyl (C=O) groups excluding carboxylic acids is 1. The molecule has 0 heterocycles. The molecule has 0 bridgehead atoms. The van der Waals surface area contributed by atoms with Crippen molar-refractivity contribution in [2.75, 3.05) is 6.54 Å². The molecule has 1 fully saturated rings. The van der Waals surface area contributed by atoms with Crippen LogP contribution in [0.5, 0.6) is 0 Å². The number of carbonyl (C=O) groups is 1. The molecule has 4 heteroatoms. The summed E-state index contributed by atoms with van der Waals surface area (Å²) in [7, 11) is 0. The highest BCUT2D eigenvalue weighted by atomic mass is 16.3. The predicted molar refractivity (Wildman–Crippen MR) is 59.2 cm³/mol. The first-order valence-electron chi connectivity index (χ1n) is 5.52. The zero-order chi connectivity index (χ0) is 11.6. The van der Waals surface area contributed by atoms with Crippen molar-refractivity contribution < 1.29 is 9.90 Å². The monoisotopic (exact) mass is 214 g/mol. The molecule has 4 nitrogen and oxygen atoms in total. The Labute approximate surface area is 91.2 Å². The number of hydrogen-bond donors (Lipinski definition) is 3. The lowest BCUT2D eigenvalue weighted by Gasteiger charge is -2.19. The minimum Gasteiger partial charge on any atom is -0.382 e. The molecule has 1 rings (SSSR count). The Kier molecular flexibility index (Phi) is 3.73. The molecule has 1 amide bonds. The minimum absolute atomic E-state index is 0.264. The van der Waals surface area contributed by atoms with Gasteiger partial charge in [0.2, 0.25) is 5.91 Å². The van der Waals surface area contributed by atoms with E-state index < -0.39 is 12.0 Å². The molecule has 88 valence electrons. The van der Waals surface area contributed by atoms with Crippen molar-refractivity contribution in [3.05, 3.63) is 0 Å². The molecule has 3 unspecified atom stereocenters. The van der Waals surface area contributed by atoms with Gasteiger partial charge in [0.15, 0.2) is 0 Å². The van der Waals surface area contributed by atoms with Crippen LogP contribution in [-0.4, -0.2) is 29.7 Å². The van der Waals surface area contributed by atoms with E-state index in [1.54, 1.807) is 0 Å². The van der Waals surface area contributed by atoms with Crippen molar-refractivity contribution in [1.29, 1.82) is 0 Å². The van der Waals surface area contributed by atoms with Gasteiger partial charge in [-0.3, -0.25) is 4.79 Å². The summed E-state index contributed by atoms with van der Waals surface area (Å²) in [4.78, 5) is 10.6. The average molecular weight is 214 g/mol. The van der Waals surface area contributed by atoms with Crippen molar-refractivity contribution in [1.82, 2.24) is 5.32 Å². The van der Waals surface area contributed by atoms with Crippen molar-refractivity contribution in [2.45, 2.75) is 45.8 Å². The van der Waals surface area contributed by atoms with E-state index in [1.807, 2.05) is 0 Å². The van der Waals surface area contributed by atoms with Gasteiger partial charge in [0.05, 0.1) is 0 Å². The molecule has 0 aromatic carbocycles. The van der Waals surface area contributed by atoms with Gasteiger partial charge in [0.1, 0.15) is 6.10 Å². The first-order chi connectivity index (χ1) is 6.82. The van der Waals surface area contributed by atoms with E-state index in [1.165, 1.54) is 6.42 Å². The Morgan fingerprint density at radius 2 is 2.20 bits per heavy atom. The molecule has 0 aromatic heterocycles. The zero-order valence-electron chi connectivity index (χ0n) is 9.79. The van der Waals surface area contributed by atoms with E-state index in [-0.39, 0.29) is 6.54 Å². The number of nitrogens with one attached hydrogen (secondary N) is 1. The van der Waals surface area contributed by atoms with Crippen molar-refractivity contribution >= 4 is 5.91 Å². The molecule has 0 aromatic rings. The summed E-state index contributed by atoms with van der Waals surface area (Å²) in [6.45, 7) is 6.95. The van der Waals surface area contributed by atoms with Gasteiger partial charge >= 0.3 is 0 Å². The van der Waals surface area contributed by atoms with Crippen LogP contribution in [-0.2, 0) is 4.79 Å². The van der Waals surface area contributed by atoms with Gasteiger partial charge in [-0.1, -0.05) is 20.8 Å². The van der Waals surface area contributed by atoms with Crippen LogP contribution in [0.25, 0.3) is 0 Å². The standard InChI is InChI=1S/C11H22N2O2/c1-7-4-11(2,3)5-8(7)13-6-9(14)10(12)15/h7-9,13-14H,4-6H2,1-3H3,(H2,12,15). The highest BCUT2D eigenvalue weighted by Crippen LogP contribution is 2.40. The van der Waals surface area contributed by atoms with Crippen LogP contribution in [0.3, 0.4) is 0 Å². The van der Waals surface area contributed by atoms with Gasteiger partial charge in [0.25, 0.3) is 0 Å². The first-order valence-corrected chi connectivity index (χ1v) is 5.52. The third kappa shape index (κ3) is 3.47. The number of hydrogen-bond acceptors (Lipinski definition) is 3. The van der Waals surface area contributed by atoms with Crippen molar-refractivity contribution in [3.8, 4) is 0 Å². The summed E-state index contributed by atoms with van der Waals surface area (Å²) in [5, 5.41) is 12.5. The molecule has 1 aliphatic rings. The van der Waals surface area contributed by atoms with Gasteiger partial charge in [-0.15, -0.1) is 0 Å². The lowest BCUT2D eigenvalue weighted by Crippen LogP contribution is -2.42. The van der Waals surface area contributed by atoms with E-state index in [4.69, 9.17) is 5.73 Å². The Morgan fingerprint density at radius 3 is 2.60 bits per heavy atom. The largest absolute Gasteiger partial charge is 0.382 e.